The van der Waals surface area contributed by atoms with Crippen LogP contribution < -0.4 is 0 Å². The normalized spacial score (nSPS) is 16.0. The van der Waals surface area contributed by atoms with Gasteiger partial charge in [0.2, 0.25) is 11.8 Å². The number of carbonyl (C=O) groups excluding carboxylic acids is 1. The Labute approximate surface area is 299 Å². The molecule has 6 rings (SSSR count). The van der Waals surface area contributed by atoms with E-state index in [1.807, 2.05) is 13.0 Å². The summed E-state index contributed by atoms with van der Waals surface area (Å²) in [5.41, 5.74) is 12.4. The Morgan fingerprint density at radius 2 is 1.67 bits per heavy atom. The molecule has 6 heterocycles. The summed E-state index contributed by atoms with van der Waals surface area (Å²) in [5, 5.41) is 23.6. The molecule has 3 aliphatic rings. The molecule has 0 saturated heterocycles. The van der Waals surface area contributed by atoms with E-state index in [9.17, 15) is 15.0 Å². The smallest absolute Gasteiger partial charge is 0.305 e. The van der Waals surface area contributed by atoms with Crippen LogP contribution in [-0.4, -0.2) is 54.4 Å². The lowest BCUT2D eigenvalue weighted by Gasteiger charge is -2.19. The summed E-state index contributed by atoms with van der Waals surface area (Å²) < 4.78 is 12.9. The molecule has 10 nitrogen and oxygen atoms in total. The van der Waals surface area contributed by atoms with Crippen LogP contribution in [0.3, 0.4) is 0 Å². The van der Waals surface area contributed by atoms with Gasteiger partial charge in [0, 0.05) is 65.2 Å². The molecule has 0 aromatic carbocycles. The van der Waals surface area contributed by atoms with E-state index in [1.165, 1.54) is 30.1 Å². The van der Waals surface area contributed by atoms with E-state index < -0.39 is 0 Å². The molecule has 4 N–H and O–H groups in total. The summed E-state index contributed by atoms with van der Waals surface area (Å²) in [6, 6.07) is 6.33. The van der Waals surface area contributed by atoms with Crippen LogP contribution in [0.5, 0.6) is 11.8 Å². The number of carbonyl (C=O) groups is 1. The molecule has 0 amide bonds. The Morgan fingerprint density at radius 1 is 0.941 bits per heavy atom. The molecule has 0 saturated carbocycles. The zero-order chi connectivity index (χ0) is 36.7. The number of esters is 1. The highest BCUT2D eigenvalue weighted by Gasteiger charge is 2.35. The predicted octanol–water partition coefficient (Wildman–Crippen LogP) is 9.43. The van der Waals surface area contributed by atoms with Gasteiger partial charge in [0.1, 0.15) is 0 Å². The van der Waals surface area contributed by atoms with E-state index >= 15 is 0 Å². The van der Waals surface area contributed by atoms with Gasteiger partial charge in [-0.3, -0.25) is 14.3 Å². The Bertz CT molecular complexity index is 2190. The number of nitrogens with one attached hydrogen (secondary N) is 2. The van der Waals surface area contributed by atoms with Gasteiger partial charge in [0.15, 0.2) is 0 Å². The van der Waals surface area contributed by atoms with Gasteiger partial charge in [-0.15, -0.1) is 0 Å². The second-order valence-electron chi connectivity index (χ2n) is 14.3. The number of aryl methyl sites for hydroxylation is 4. The van der Waals surface area contributed by atoms with Gasteiger partial charge in [0.25, 0.3) is 0 Å². The SMILES string of the molecule is CCCCCCOC(C)c1c(C)c2cc3nc(c4c5nc(cc6[nH]c(cc1[nH]2)c(C)c6CC)c(C)c-5c(O)n(C)c4O)[C@@H](CCC(=O)OC)[C@@H]3C. The molecule has 3 atom stereocenters. The summed E-state index contributed by atoms with van der Waals surface area (Å²) in [4.78, 5) is 30.2. The minimum atomic E-state index is -0.303. The first-order chi connectivity index (χ1) is 24.4. The molecule has 8 bridgehead atoms. The molecule has 10 heteroatoms. The molecule has 272 valence electrons. The Morgan fingerprint density at radius 3 is 2.37 bits per heavy atom. The van der Waals surface area contributed by atoms with Crippen LogP contribution in [0.1, 0.15) is 123 Å². The maximum atomic E-state index is 12.4. The van der Waals surface area contributed by atoms with Crippen LogP contribution in [0, 0.1) is 20.8 Å². The molecule has 1 unspecified atom stereocenters. The maximum Gasteiger partial charge on any atom is 0.305 e. The molecular weight excluding hydrogens is 642 g/mol. The summed E-state index contributed by atoms with van der Waals surface area (Å²) in [6.45, 7) is 15.5. The number of rotatable bonds is 11. The van der Waals surface area contributed by atoms with Gasteiger partial charge in [-0.25, -0.2) is 4.98 Å². The summed E-state index contributed by atoms with van der Waals surface area (Å²) >= 11 is 0. The van der Waals surface area contributed by atoms with E-state index in [-0.39, 0.29) is 42.1 Å². The molecule has 0 spiro atoms. The van der Waals surface area contributed by atoms with E-state index in [0.29, 0.717) is 40.9 Å². The largest absolute Gasteiger partial charge is 0.494 e. The Hall–Kier alpha value is -4.57. The standard InChI is InChI=1S/C41H53N5O5/c1-10-12-13-14-17-51-25(7)35-23(5)30-18-29-22(4)27(15-16-34(47)50-9)38(44-29)37-39-36(40(48)46(8)41(37)49)24(6)31(45-39)19-32-26(11-2)21(3)28(42-32)20-33(35)43-30/h18-20,22,25,27,42-43,48-49H,10-17H2,1-9H3/t22-,25?,27-/m0/s1. The van der Waals surface area contributed by atoms with Crippen molar-refractivity contribution in [1.29, 1.82) is 0 Å². The number of fused-ring (bicyclic) bond motifs is 8. The van der Waals surface area contributed by atoms with E-state index in [1.54, 1.807) is 7.05 Å². The number of hydrogen-bond acceptors (Lipinski definition) is 7. The molecular formula is C41H53N5O5. The van der Waals surface area contributed by atoms with Gasteiger partial charge in [-0.05, 0) is 87.4 Å². The monoisotopic (exact) mass is 695 g/mol. The van der Waals surface area contributed by atoms with E-state index in [2.05, 4.69) is 63.6 Å². The first-order valence-electron chi connectivity index (χ1n) is 18.4. The molecule has 51 heavy (non-hydrogen) atoms. The van der Waals surface area contributed by atoms with Crippen LogP contribution in [0.25, 0.3) is 44.2 Å². The first kappa shape index (κ1) is 36.2. The number of aromatic nitrogens is 5. The van der Waals surface area contributed by atoms with Crippen LogP contribution in [0.15, 0.2) is 18.2 Å². The van der Waals surface area contributed by atoms with Crippen molar-refractivity contribution in [3.63, 3.8) is 0 Å². The number of nitrogens with zero attached hydrogens (tertiary/aromatic N) is 3. The lowest BCUT2D eigenvalue weighted by atomic mass is 9.85. The van der Waals surface area contributed by atoms with Crippen molar-refractivity contribution in [3.8, 4) is 23.0 Å². The highest BCUT2D eigenvalue weighted by molar-refractivity contribution is 5.96. The summed E-state index contributed by atoms with van der Waals surface area (Å²) in [7, 11) is 3.03. The third kappa shape index (κ3) is 6.43. The van der Waals surface area contributed by atoms with Gasteiger partial charge in [-0.1, -0.05) is 40.0 Å². The van der Waals surface area contributed by atoms with Crippen LogP contribution in [0.4, 0.5) is 0 Å². The zero-order valence-electron chi connectivity index (χ0n) is 31.6. The number of H-pyrrole nitrogens is 2. The van der Waals surface area contributed by atoms with Gasteiger partial charge < -0.3 is 29.7 Å². The fourth-order valence-corrected chi connectivity index (χ4v) is 8.01. The molecule has 0 aliphatic carbocycles. The van der Waals surface area contributed by atoms with Crippen molar-refractivity contribution >= 4 is 38.9 Å². The molecule has 0 fully saturated rings. The van der Waals surface area contributed by atoms with Crippen molar-refractivity contribution in [1.82, 2.24) is 24.5 Å². The zero-order valence-corrected chi connectivity index (χ0v) is 31.6. The Kier molecular flexibility index (Phi) is 10.4. The van der Waals surface area contributed by atoms with Crippen molar-refractivity contribution in [2.45, 2.75) is 111 Å². The lowest BCUT2D eigenvalue weighted by Crippen LogP contribution is -2.08. The predicted molar refractivity (Wildman–Crippen MR) is 203 cm³/mol. The second-order valence-corrected chi connectivity index (χ2v) is 14.3. The number of unbranched alkanes of at least 4 members (excludes halogenated alkanes) is 3. The highest BCUT2D eigenvalue weighted by atomic mass is 16.5. The number of aromatic amines is 2. The van der Waals surface area contributed by atoms with Gasteiger partial charge >= 0.3 is 5.97 Å². The third-order valence-corrected chi connectivity index (χ3v) is 11.2. The average Bonchev–Trinajstić information content (AvgIpc) is 3.79. The van der Waals surface area contributed by atoms with Crippen molar-refractivity contribution in [2.24, 2.45) is 7.05 Å². The molecule has 3 aromatic heterocycles. The maximum absolute atomic E-state index is 12.4. The van der Waals surface area contributed by atoms with Gasteiger partial charge in [-0.2, -0.15) is 0 Å². The quantitative estimate of drug-likeness (QED) is 0.0798. The minimum absolute atomic E-state index is 0.0711. The van der Waals surface area contributed by atoms with Crippen molar-refractivity contribution < 1.29 is 24.5 Å². The fraction of sp³-hybridized carbons (Fsp3) is 0.488. The number of hydrogen-bond donors (Lipinski definition) is 4. The summed E-state index contributed by atoms with van der Waals surface area (Å²) in [6.07, 6.45) is 5.91. The van der Waals surface area contributed by atoms with Crippen molar-refractivity contribution in [2.75, 3.05) is 13.7 Å². The van der Waals surface area contributed by atoms with E-state index in [0.717, 1.165) is 69.3 Å². The number of pyridine rings is 1. The first-order valence-corrected chi connectivity index (χ1v) is 18.4. The molecule has 0 radical (unpaired) electrons. The fourth-order valence-electron chi connectivity index (χ4n) is 8.01. The van der Waals surface area contributed by atoms with Crippen molar-refractivity contribution in [3.05, 3.63) is 57.4 Å². The average molecular weight is 696 g/mol. The molecule has 3 aliphatic heterocycles. The third-order valence-electron chi connectivity index (χ3n) is 11.2. The lowest BCUT2D eigenvalue weighted by molar-refractivity contribution is -0.140. The topological polar surface area (TPSA) is 138 Å². The number of aromatic hydroxyl groups is 2. The number of methoxy groups -OCH3 is 1. The van der Waals surface area contributed by atoms with E-state index in [4.69, 9.17) is 19.4 Å². The van der Waals surface area contributed by atoms with Crippen LogP contribution in [0.2, 0.25) is 0 Å². The molecule has 3 aromatic rings. The van der Waals surface area contributed by atoms with Gasteiger partial charge in [0.05, 0.1) is 41.1 Å². The van der Waals surface area contributed by atoms with Crippen LogP contribution in [-0.2, 0) is 27.7 Å². The highest BCUT2D eigenvalue weighted by Crippen LogP contribution is 2.49. The second kappa shape index (κ2) is 14.6. The van der Waals surface area contributed by atoms with Crippen LogP contribution >= 0.6 is 0 Å². The minimum Gasteiger partial charge on any atom is -0.494 e. The Balaban J connectivity index is 1.73. The summed E-state index contributed by atoms with van der Waals surface area (Å²) in [5.74, 6) is -0.823. The number of ether oxygens (including phenoxy) is 2.